The molecule has 0 aromatic carbocycles. The summed E-state index contributed by atoms with van der Waals surface area (Å²) >= 11 is 0. The molecule has 0 unspecified atom stereocenters. The van der Waals surface area contributed by atoms with Crippen LogP contribution in [-0.4, -0.2) is 60.8 Å². The average Bonchev–Trinajstić information content (AvgIpc) is 2.59. The van der Waals surface area contributed by atoms with Gasteiger partial charge >= 0.3 is 0 Å². The van der Waals surface area contributed by atoms with E-state index in [2.05, 4.69) is 11.4 Å². The van der Waals surface area contributed by atoms with E-state index in [1.807, 2.05) is 0 Å². The number of hydrogen-bond donors (Lipinski definition) is 2. The molecular weight excluding hydrogens is 298 g/mol. The molecule has 2 N–H and O–H groups in total. The topological polar surface area (TPSA) is 103 Å². The smallest absolute Gasteiger partial charge is 0.243 e. The van der Waals surface area contributed by atoms with Gasteiger partial charge in [-0.15, -0.1) is 0 Å². The van der Waals surface area contributed by atoms with E-state index in [1.54, 1.807) is 4.90 Å². The molecule has 7 nitrogen and oxygen atoms in total. The number of rotatable bonds is 1. The first-order valence-corrected chi connectivity index (χ1v) is 8.29. The fraction of sp³-hybridized carbons (Fsp3) is 0.812. The zero-order valence-corrected chi connectivity index (χ0v) is 13.2. The highest BCUT2D eigenvalue weighted by atomic mass is 16.5. The summed E-state index contributed by atoms with van der Waals surface area (Å²) in [5.74, 6) is -0.389. The van der Waals surface area contributed by atoms with E-state index in [0.717, 1.165) is 6.42 Å². The molecule has 0 radical (unpaired) electrons. The van der Waals surface area contributed by atoms with Crippen LogP contribution in [0.25, 0.3) is 0 Å². The third kappa shape index (κ3) is 2.60. The van der Waals surface area contributed by atoms with Crippen LogP contribution in [0.15, 0.2) is 0 Å². The molecule has 3 fully saturated rings. The monoisotopic (exact) mass is 321 g/mol. The summed E-state index contributed by atoms with van der Waals surface area (Å²) in [7, 11) is 0. The van der Waals surface area contributed by atoms with Gasteiger partial charge in [-0.1, -0.05) is 0 Å². The van der Waals surface area contributed by atoms with Crippen molar-refractivity contribution in [1.82, 2.24) is 10.2 Å². The Morgan fingerprint density at radius 1 is 1.39 bits per heavy atom. The van der Waals surface area contributed by atoms with Crippen LogP contribution in [0.1, 0.15) is 32.1 Å². The molecule has 126 valence electrons. The van der Waals surface area contributed by atoms with Crippen LogP contribution >= 0.6 is 0 Å². The first-order chi connectivity index (χ1) is 11.0. The third-order valence-corrected chi connectivity index (χ3v) is 5.58. The van der Waals surface area contributed by atoms with Crippen molar-refractivity contribution < 1.29 is 19.4 Å². The molecule has 2 amide bonds. The highest BCUT2D eigenvalue weighted by Crippen LogP contribution is 2.40. The molecular formula is C16H23N3O4. The first kappa shape index (κ1) is 16.2. The summed E-state index contributed by atoms with van der Waals surface area (Å²) < 4.78 is 5.28. The van der Waals surface area contributed by atoms with E-state index in [4.69, 9.17) is 4.74 Å². The lowest BCUT2D eigenvalue weighted by atomic mass is 9.70. The second-order valence-corrected chi connectivity index (χ2v) is 6.85. The van der Waals surface area contributed by atoms with E-state index in [9.17, 15) is 20.0 Å². The van der Waals surface area contributed by atoms with E-state index < -0.39 is 16.9 Å². The quantitative estimate of drug-likeness (QED) is 0.696. The van der Waals surface area contributed by atoms with Gasteiger partial charge in [0.05, 0.1) is 17.6 Å². The van der Waals surface area contributed by atoms with Crippen molar-refractivity contribution in [1.29, 1.82) is 5.26 Å². The summed E-state index contributed by atoms with van der Waals surface area (Å²) in [6, 6.07) is 2.19. The average molecular weight is 321 g/mol. The number of hydrogen-bond acceptors (Lipinski definition) is 5. The standard InChI is InChI=1S/C16H23N3O4/c17-10-15(4-8-23-9-5-15)14(22)19-7-2-12(20)16(11-19)3-1-6-18-13(16)21/h12,20H,1-9,11H2,(H,18,21)/t12-,16+/m0/s1. The Morgan fingerprint density at radius 3 is 2.78 bits per heavy atom. The number of carbonyl (C=O) groups is 2. The molecule has 0 aliphatic carbocycles. The Hall–Kier alpha value is -1.65. The number of ether oxygens (including phenoxy) is 1. The van der Waals surface area contributed by atoms with Gasteiger partial charge < -0.3 is 20.1 Å². The number of aliphatic hydroxyl groups excluding tert-OH is 1. The van der Waals surface area contributed by atoms with Crippen molar-refractivity contribution in [3.05, 3.63) is 0 Å². The number of carbonyl (C=O) groups excluding carboxylic acids is 2. The second-order valence-electron chi connectivity index (χ2n) is 6.85. The van der Waals surface area contributed by atoms with Crippen LogP contribution in [0.4, 0.5) is 0 Å². The van der Waals surface area contributed by atoms with E-state index in [0.29, 0.717) is 52.0 Å². The van der Waals surface area contributed by atoms with Gasteiger partial charge in [-0.05, 0) is 32.1 Å². The molecule has 23 heavy (non-hydrogen) atoms. The second kappa shape index (κ2) is 6.10. The molecule has 1 spiro atoms. The molecule has 3 aliphatic rings. The molecule has 3 rings (SSSR count). The number of aliphatic hydroxyl groups is 1. The highest BCUT2D eigenvalue weighted by molar-refractivity contribution is 5.88. The van der Waals surface area contributed by atoms with Crippen LogP contribution < -0.4 is 5.32 Å². The maximum Gasteiger partial charge on any atom is 0.243 e. The van der Waals surface area contributed by atoms with Crippen molar-refractivity contribution >= 4 is 11.8 Å². The van der Waals surface area contributed by atoms with E-state index in [1.165, 1.54) is 0 Å². The lowest BCUT2D eigenvalue weighted by molar-refractivity contribution is -0.160. The number of likely N-dealkylation sites (tertiary alicyclic amines) is 1. The van der Waals surface area contributed by atoms with Gasteiger partial charge in [-0.2, -0.15) is 5.26 Å². The number of nitrogens with zero attached hydrogens (tertiary/aromatic N) is 2. The van der Waals surface area contributed by atoms with Crippen molar-refractivity contribution in [3.63, 3.8) is 0 Å². The predicted octanol–water partition coefficient (Wildman–Crippen LogP) is -0.204. The number of nitrogens with one attached hydrogen (secondary N) is 1. The van der Waals surface area contributed by atoms with Gasteiger partial charge in [-0.3, -0.25) is 9.59 Å². The molecule has 2 atom stereocenters. The van der Waals surface area contributed by atoms with Crippen molar-refractivity contribution in [3.8, 4) is 6.07 Å². The summed E-state index contributed by atoms with van der Waals surface area (Å²) in [6.07, 6.45) is 1.78. The molecule has 3 heterocycles. The van der Waals surface area contributed by atoms with Crippen LogP contribution in [0, 0.1) is 22.2 Å². The van der Waals surface area contributed by atoms with Gasteiger partial charge in [0.15, 0.2) is 0 Å². The Morgan fingerprint density at radius 2 is 2.13 bits per heavy atom. The summed E-state index contributed by atoms with van der Waals surface area (Å²) in [6.45, 7) is 2.01. The van der Waals surface area contributed by atoms with Crippen LogP contribution in [0.2, 0.25) is 0 Å². The zero-order valence-electron chi connectivity index (χ0n) is 13.2. The molecule has 3 saturated heterocycles. The van der Waals surface area contributed by atoms with Crippen LogP contribution in [-0.2, 0) is 14.3 Å². The SMILES string of the molecule is N#CC1(C(=O)N2CC[C@H](O)[C@@]3(CCCNC3=O)C2)CCOCC1. The number of amides is 2. The Kier molecular flexibility index (Phi) is 4.30. The van der Waals surface area contributed by atoms with E-state index in [-0.39, 0.29) is 18.4 Å². The molecule has 0 saturated carbocycles. The summed E-state index contributed by atoms with van der Waals surface area (Å²) in [5.41, 5.74) is -1.97. The minimum absolute atomic E-state index is 0.174. The van der Waals surface area contributed by atoms with Crippen molar-refractivity contribution in [2.75, 3.05) is 32.8 Å². The third-order valence-electron chi connectivity index (χ3n) is 5.58. The fourth-order valence-electron chi connectivity index (χ4n) is 4.01. The molecule has 0 bridgehead atoms. The van der Waals surface area contributed by atoms with Gasteiger partial charge in [0, 0.05) is 32.8 Å². The maximum absolute atomic E-state index is 13.0. The van der Waals surface area contributed by atoms with Crippen LogP contribution in [0.5, 0.6) is 0 Å². The molecule has 7 heteroatoms. The molecule has 0 aromatic rings. The lowest BCUT2D eigenvalue weighted by Gasteiger charge is -2.48. The van der Waals surface area contributed by atoms with Gasteiger partial charge in [-0.25, -0.2) is 0 Å². The maximum atomic E-state index is 13.0. The van der Waals surface area contributed by atoms with Crippen molar-refractivity contribution in [2.24, 2.45) is 10.8 Å². The Bertz CT molecular complexity index is 538. The zero-order chi connectivity index (χ0) is 16.5. The Labute approximate surface area is 135 Å². The van der Waals surface area contributed by atoms with E-state index >= 15 is 0 Å². The summed E-state index contributed by atoms with van der Waals surface area (Å²) in [4.78, 5) is 27.0. The molecule has 3 aliphatic heterocycles. The van der Waals surface area contributed by atoms with Gasteiger partial charge in [0.25, 0.3) is 0 Å². The minimum Gasteiger partial charge on any atom is -0.392 e. The normalized spacial score (nSPS) is 33.8. The minimum atomic E-state index is -1.05. The molecule has 0 aromatic heterocycles. The van der Waals surface area contributed by atoms with Crippen LogP contribution in [0.3, 0.4) is 0 Å². The highest BCUT2D eigenvalue weighted by Gasteiger charge is 2.53. The van der Waals surface area contributed by atoms with Gasteiger partial charge in [0.1, 0.15) is 5.41 Å². The lowest BCUT2D eigenvalue weighted by Crippen LogP contribution is -2.63. The summed E-state index contributed by atoms with van der Waals surface area (Å²) in [5, 5.41) is 22.8. The Balaban J connectivity index is 1.82. The first-order valence-electron chi connectivity index (χ1n) is 8.29. The van der Waals surface area contributed by atoms with Crippen molar-refractivity contribution in [2.45, 2.75) is 38.2 Å². The van der Waals surface area contributed by atoms with Gasteiger partial charge in [0.2, 0.25) is 11.8 Å². The number of nitriles is 1. The predicted molar refractivity (Wildman–Crippen MR) is 80.0 cm³/mol. The number of piperidine rings is 2. The fourth-order valence-corrected chi connectivity index (χ4v) is 4.01. The largest absolute Gasteiger partial charge is 0.392 e.